The van der Waals surface area contributed by atoms with E-state index in [2.05, 4.69) is 0 Å². The Morgan fingerprint density at radius 3 is 2.22 bits per heavy atom. The lowest BCUT2D eigenvalue weighted by Gasteiger charge is -2.27. The fraction of sp³-hybridized carbons (Fsp3) is 0.160. The minimum absolute atomic E-state index is 0.113. The second kappa shape index (κ2) is 10.2. The topological polar surface area (TPSA) is 101 Å². The molecule has 0 aromatic heterocycles. The molecule has 1 unspecified atom stereocenters. The van der Waals surface area contributed by atoms with Crippen LogP contribution in [0.1, 0.15) is 18.9 Å². The fourth-order valence-electron chi connectivity index (χ4n) is 3.82. The number of amides is 2. The Hall–Kier alpha value is -3.60. The highest BCUT2D eigenvalue weighted by molar-refractivity contribution is 7.89. The van der Waals surface area contributed by atoms with Crippen molar-refractivity contribution in [1.29, 1.82) is 0 Å². The van der Waals surface area contributed by atoms with Gasteiger partial charge in [-0.15, -0.1) is 0 Å². The minimum Gasteiger partial charge on any atom is -0.427 e. The largest absolute Gasteiger partial charge is 0.427 e. The van der Waals surface area contributed by atoms with Crippen LogP contribution >= 0.6 is 11.6 Å². The van der Waals surface area contributed by atoms with E-state index < -0.39 is 46.1 Å². The molecule has 0 saturated carbocycles. The normalized spacial score (nSPS) is 16.0. The summed E-state index contributed by atoms with van der Waals surface area (Å²) in [6.07, 6.45) is -0.390. The Bertz CT molecular complexity index is 1410. The Morgan fingerprint density at radius 2 is 1.64 bits per heavy atom. The lowest BCUT2D eigenvalue weighted by atomic mass is 10.2. The first-order chi connectivity index (χ1) is 17.1. The summed E-state index contributed by atoms with van der Waals surface area (Å²) in [5.74, 6) is -2.13. The predicted molar refractivity (Wildman–Crippen MR) is 129 cm³/mol. The van der Waals surface area contributed by atoms with Gasteiger partial charge in [0, 0.05) is 18.5 Å². The molecule has 1 heterocycles. The lowest BCUT2D eigenvalue weighted by molar-refractivity contribution is -0.132. The second-order valence-electron chi connectivity index (χ2n) is 8.01. The standard InChI is InChI=1S/C25H20ClFN2O6S/c1-16(30)35-21-10-8-20(9-11-21)29-24(31)14-23(25(29)32)28(15-17-2-6-19(27)7-3-17)36(33,34)22-12-4-18(26)5-13-22/h2-13,23H,14-15H2,1H3. The summed E-state index contributed by atoms with van der Waals surface area (Å²) in [7, 11) is -4.27. The van der Waals surface area contributed by atoms with Crippen molar-refractivity contribution >= 4 is 45.1 Å². The summed E-state index contributed by atoms with van der Waals surface area (Å²) in [4.78, 5) is 38.3. The average Bonchev–Trinajstić information content (AvgIpc) is 3.12. The molecule has 3 aromatic carbocycles. The van der Waals surface area contributed by atoms with Gasteiger partial charge in [-0.3, -0.25) is 14.4 Å². The van der Waals surface area contributed by atoms with E-state index in [1.54, 1.807) is 0 Å². The van der Waals surface area contributed by atoms with Gasteiger partial charge in [0.15, 0.2) is 0 Å². The zero-order valence-corrected chi connectivity index (χ0v) is 20.5. The number of nitrogens with zero attached hydrogens (tertiary/aromatic N) is 2. The van der Waals surface area contributed by atoms with Crippen molar-refractivity contribution in [1.82, 2.24) is 4.31 Å². The number of hydrogen-bond donors (Lipinski definition) is 0. The van der Waals surface area contributed by atoms with Crippen LogP contribution in [-0.4, -0.2) is 36.5 Å². The summed E-state index contributed by atoms with van der Waals surface area (Å²) in [5, 5.41) is 0.328. The summed E-state index contributed by atoms with van der Waals surface area (Å²) in [5.41, 5.74) is 0.632. The first-order valence-electron chi connectivity index (χ1n) is 10.7. The molecule has 4 rings (SSSR count). The number of rotatable bonds is 7. The molecule has 0 radical (unpaired) electrons. The third kappa shape index (κ3) is 5.30. The highest BCUT2D eigenvalue weighted by atomic mass is 35.5. The van der Waals surface area contributed by atoms with Gasteiger partial charge in [0.2, 0.25) is 15.9 Å². The number of ether oxygens (including phenoxy) is 1. The molecule has 186 valence electrons. The average molecular weight is 531 g/mol. The number of halogens is 2. The van der Waals surface area contributed by atoms with Gasteiger partial charge in [0.25, 0.3) is 5.91 Å². The van der Waals surface area contributed by atoms with Crippen molar-refractivity contribution in [3.8, 4) is 5.75 Å². The molecule has 0 N–H and O–H groups in total. The number of anilines is 1. The molecule has 1 aliphatic rings. The lowest BCUT2D eigenvalue weighted by Crippen LogP contribution is -2.45. The quantitative estimate of drug-likeness (QED) is 0.261. The maximum atomic E-state index is 13.6. The van der Waals surface area contributed by atoms with E-state index in [-0.39, 0.29) is 22.9 Å². The monoisotopic (exact) mass is 530 g/mol. The molecular weight excluding hydrogens is 511 g/mol. The van der Waals surface area contributed by atoms with Crippen LogP contribution in [0.3, 0.4) is 0 Å². The smallest absolute Gasteiger partial charge is 0.308 e. The van der Waals surface area contributed by atoms with Crippen molar-refractivity contribution in [3.05, 3.63) is 89.2 Å². The molecule has 3 aromatic rings. The van der Waals surface area contributed by atoms with Crippen LogP contribution in [0.25, 0.3) is 0 Å². The van der Waals surface area contributed by atoms with Crippen LogP contribution in [0, 0.1) is 5.82 Å². The van der Waals surface area contributed by atoms with E-state index in [1.165, 1.54) is 79.7 Å². The molecule has 0 spiro atoms. The van der Waals surface area contributed by atoms with Crippen LogP contribution in [0.15, 0.2) is 77.7 Å². The van der Waals surface area contributed by atoms with Gasteiger partial charge in [0.1, 0.15) is 17.6 Å². The number of hydrogen-bond acceptors (Lipinski definition) is 6. The molecule has 36 heavy (non-hydrogen) atoms. The van der Waals surface area contributed by atoms with Gasteiger partial charge < -0.3 is 4.74 Å². The number of carbonyl (C=O) groups is 3. The van der Waals surface area contributed by atoms with E-state index in [9.17, 15) is 27.2 Å². The molecule has 0 aliphatic carbocycles. The summed E-state index contributed by atoms with van der Waals surface area (Å²) in [6.45, 7) is 0.969. The highest BCUT2D eigenvalue weighted by Crippen LogP contribution is 2.32. The summed E-state index contributed by atoms with van der Waals surface area (Å²) >= 11 is 5.90. The number of esters is 1. The number of imide groups is 1. The number of benzene rings is 3. The van der Waals surface area contributed by atoms with Crippen molar-refractivity contribution in [2.75, 3.05) is 4.90 Å². The van der Waals surface area contributed by atoms with Crippen LogP contribution < -0.4 is 9.64 Å². The molecule has 2 amide bonds. The SMILES string of the molecule is CC(=O)Oc1ccc(N2C(=O)CC(N(Cc3ccc(F)cc3)S(=O)(=O)c3ccc(Cl)cc3)C2=O)cc1. The number of sulfonamides is 1. The second-order valence-corrected chi connectivity index (χ2v) is 10.3. The van der Waals surface area contributed by atoms with Gasteiger partial charge in [-0.05, 0) is 66.2 Å². The van der Waals surface area contributed by atoms with Gasteiger partial charge in [-0.25, -0.2) is 17.7 Å². The third-order valence-electron chi connectivity index (χ3n) is 5.50. The van der Waals surface area contributed by atoms with Crippen molar-refractivity contribution in [2.24, 2.45) is 0 Å². The Labute approximate surface area is 211 Å². The van der Waals surface area contributed by atoms with Crippen molar-refractivity contribution < 1.29 is 31.9 Å². The van der Waals surface area contributed by atoms with Crippen LogP contribution in [-0.2, 0) is 31.0 Å². The van der Waals surface area contributed by atoms with E-state index >= 15 is 0 Å². The first kappa shape index (κ1) is 25.5. The molecule has 8 nitrogen and oxygen atoms in total. The van der Waals surface area contributed by atoms with Gasteiger partial charge >= 0.3 is 5.97 Å². The maximum Gasteiger partial charge on any atom is 0.308 e. The zero-order chi connectivity index (χ0) is 26.0. The van der Waals surface area contributed by atoms with E-state index in [4.69, 9.17) is 16.3 Å². The zero-order valence-electron chi connectivity index (χ0n) is 18.9. The highest BCUT2D eigenvalue weighted by Gasteiger charge is 2.47. The van der Waals surface area contributed by atoms with E-state index in [1.807, 2.05) is 0 Å². The number of carbonyl (C=O) groups excluding carboxylic acids is 3. The Morgan fingerprint density at radius 1 is 1.03 bits per heavy atom. The van der Waals surface area contributed by atoms with E-state index in [0.717, 1.165) is 9.21 Å². The molecule has 1 saturated heterocycles. The molecular formula is C25H20ClFN2O6S. The van der Waals surface area contributed by atoms with E-state index in [0.29, 0.717) is 10.6 Å². The van der Waals surface area contributed by atoms with Gasteiger partial charge in [-0.2, -0.15) is 4.31 Å². The van der Waals surface area contributed by atoms with Crippen LogP contribution in [0.4, 0.5) is 10.1 Å². The Balaban J connectivity index is 1.70. The summed E-state index contributed by atoms with van der Waals surface area (Å²) in [6, 6.07) is 15.0. The van der Waals surface area contributed by atoms with Gasteiger partial charge in [0.05, 0.1) is 17.0 Å². The van der Waals surface area contributed by atoms with Crippen molar-refractivity contribution in [2.45, 2.75) is 30.8 Å². The molecule has 1 fully saturated rings. The third-order valence-corrected chi connectivity index (χ3v) is 7.62. The first-order valence-corrected chi connectivity index (χ1v) is 12.6. The summed E-state index contributed by atoms with van der Waals surface area (Å²) < 4.78 is 46.6. The fourth-order valence-corrected chi connectivity index (χ4v) is 5.51. The van der Waals surface area contributed by atoms with Crippen LogP contribution in [0.5, 0.6) is 5.75 Å². The Kier molecular flexibility index (Phi) is 7.21. The van der Waals surface area contributed by atoms with Gasteiger partial charge in [-0.1, -0.05) is 23.7 Å². The molecule has 0 bridgehead atoms. The molecule has 11 heteroatoms. The molecule has 1 atom stereocenters. The van der Waals surface area contributed by atoms with Crippen molar-refractivity contribution in [3.63, 3.8) is 0 Å². The molecule has 1 aliphatic heterocycles. The maximum absolute atomic E-state index is 13.6. The minimum atomic E-state index is -4.27. The van der Waals surface area contributed by atoms with Crippen LogP contribution in [0.2, 0.25) is 5.02 Å². The predicted octanol–water partition coefficient (Wildman–Crippen LogP) is 3.93.